The summed E-state index contributed by atoms with van der Waals surface area (Å²) >= 11 is 1.46. The van der Waals surface area contributed by atoms with E-state index in [0.29, 0.717) is 5.75 Å². The summed E-state index contributed by atoms with van der Waals surface area (Å²) in [6.45, 7) is 7.88. The predicted molar refractivity (Wildman–Crippen MR) is 87.8 cm³/mol. The van der Waals surface area contributed by atoms with E-state index in [1.165, 1.54) is 17.3 Å². The van der Waals surface area contributed by atoms with Gasteiger partial charge in [-0.1, -0.05) is 36.9 Å². The first-order chi connectivity index (χ1) is 10.0. The Bertz CT molecular complexity index is 653. The number of ether oxygens (including phenoxy) is 1. The second-order valence-electron chi connectivity index (χ2n) is 5.28. The molecule has 2 rings (SSSR count). The molecule has 0 aliphatic rings. The summed E-state index contributed by atoms with van der Waals surface area (Å²) in [5.74, 6) is 0.110. The highest BCUT2D eigenvalue weighted by Gasteiger charge is 2.11. The van der Waals surface area contributed by atoms with Crippen molar-refractivity contribution in [3.63, 3.8) is 0 Å². The highest BCUT2D eigenvalue weighted by Crippen LogP contribution is 2.27. The number of hydrogen-bond donors (Lipinski definition) is 0. The standard InChI is InChI=1S/C17H21NO2S/c1-5-13-9-14-8-6-7-12(4)16(14)18-17(13)21-10-15(19)20-11(2)3/h6-9,11H,5,10H2,1-4H3. The number of carbonyl (C=O) groups is 1. The van der Waals surface area contributed by atoms with Crippen molar-refractivity contribution in [2.45, 2.75) is 45.2 Å². The van der Waals surface area contributed by atoms with Crippen LogP contribution < -0.4 is 0 Å². The molecule has 0 radical (unpaired) electrons. The molecular formula is C17H21NO2S. The van der Waals surface area contributed by atoms with Crippen LogP contribution in [0.1, 0.15) is 31.9 Å². The van der Waals surface area contributed by atoms with Crippen LogP contribution in [0.4, 0.5) is 0 Å². The molecule has 1 aromatic heterocycles. The van der Waals surface area contributed by atoms with Crippen LogP contribution in [0.3, 0.4) is 0 Å². The van der Waals surface area contributed by atoms with Gasteiger partial charge in [0.15, 0.2) is 0 Å². The fourth-order valence-electron chi connectivity index (χ4n) is 2.18. The fourth-order valence-corrected chi connectivity index (χ4v) is 3.04. The Labute approximate surface area is 130 Å². The van der Waals surface area contributed by atoms with Crippen LogP contribution >= 0.6 is 11.8 Å². The van der Waals surface area contributed by atoms with E-state index in [2.05, 4.69) is 32.0 Å². The van der Waals surface area contributed by atoms with Gasteiger partial charge in [-0.2, -0.15) is 0 Å². The lowest BCUT2D eigenvalue weighted by Gasteiger charge is -2.11. The molecule has 112 valence electrons. The maximum absolute atomic E-state index is 11.7. The quantitative estimate of drug-likeness (QED) is 0.614. The first-order valence-electron chi connectivity index (χ1n) is 7.22. The molecule has 0 aliphatic heterocycles. The van der Waals surface area contributed by atoms with Crippen molar-refractivity contribution in [2.75, 3.05) is 5.75 Å². The molecule has 0 aliphatic carbocycles. The van der Waals surface area contributed by atoms with Gasteiger partial charge in [-0.3, -0.25) is 4.79 Å². The van der Waals surface area contributed by atoms with Crippen LogP contribution in [0.25, 0.3) is 10.9 Å². The number of hydrogen-bond acceptors (Lipinski definition) is 4. The maximum atomic E-state index is 11.7. The molecule has 0 fully saturated rings. The molecular weight excluding hydrogens is 282 g/mol. The number of pyridine rings is 1. The van der Waals surface area contributed by atoms with Crippen molar-refractivity contribution in [3.8, 4) is 0 Å². The number of nitrogens with zero attached hydrogens (tertiary/aromatic N) is 1. The smallest absolute Gasteiger partial charge is 0.316 e. The first kappa shape index (κ1) is 15.8. The van der Waals surface area contributed by atoms with E-state index in [-0.39, 0.29) is 12.1 Å². The van der Waals surface area contributed by atoms with E-state index in [1.54, 1.807) is 0 Å². The van der Waals surface area contributed by atoms with E-state index >= 15 is 0 Å². The zero-order valence-corrected chi connectivity index (χ0v) is 13.8. The Hall–Kier alpha value is -1.55. The molecule has 0 saturated heterocycles. The van der Waals surface area contributed by atoms with Gasteiger partial charge in [0.1, 0.15) is 5.03 Å². The number of fused-ring (bicyclic) bond motifs is 1. The number of rotatable bonds is 5. The highest BCUT2D eigenvalue weighted by molar-refractivity contribution is 7.99. The van der Waals surface area contributed by atoms with E-state index < -0.39 is 0 Å². The minimum Gasteiger partial charge on any atom is -0.462 e. The van der Waals surface area contributed by atoms with Gasteiger partial charge in [0, 0.05) is 5.39 Å². The molecule has 3 nitrogen and oxygen atoms in total. The summed E-state index contributed by atoms with van der Waals surface area (Å²) in [4.78, 5) is 16.4. The van der Waals surface area contributed by atoms with Gasteiger partial charge in [-0.05, 0) is 44.4 Å². The van der Waals surface area contributed by atoms with Crippen molar-refractivity contribution in [1.82, 2.24) is 4.98 Å². The topological polar surface area (TPSA) is 39.2 Å². The minimum absolute atomic E-state index is 0.0736. The van der Waals surface area contributed by atoms with Gasteiger partial charge in [0.25, 0.3) is 0 Å². The molecule has 21 heavy (non-hydrogen) atoms. The Kier molecular flexibility index (Phi) is 5.23. The number of benzene rings is 1. The molecule has 1 heterocycles. The normalized spacial score (nSPS) is 11.1. The van der Waals surface area contributed by atoms with Crippen LogP contribution in [0.5, 0.6) is 0 Å². The number of carbonyl (C=O) groups excluding carboxylic acids is 1. The number of thioether (sulfide) groups is 1. The van der Waals surface area contributed by atoms with E-state index in [9.17, 15) is 4.79 Å². The SMILES string of the molecule is CCc1cc2cccc(C)c2nc1SCC(=O)OC(C)C. The third-order valence-corrected chi connectivity index (χ3v) is 4.17. The summed E-state index contributed by atoms with van der Waals surface area (Å²) in [5.41, 5.74) is 3.34. The van der Waals surface area contributed by atoms with Crippen molar-refractivity contribution < 1.29 is 9.53 Å². The third kappa shape index (κ3) is 3.97. The van der Waals surface area contributed by atoms with Crippen LogP contribution in [-0.2, 0) is 16.0 Å². The van der Waals surface area contributed by atoms with Crippen molar-refractivity contribution >= 4 is 28.6 Å². The second-order valence-corrected chi connectivity index (χ2v) is 6.24. The van der Waals surface area contributed by atoms with Crippen molar-refractivity contribution in [3.05, 3.63) is 35.4 Å². The van der Waals surface area contributed by atoms with Crippen LogP contribution in [0.2, 0.25) is 0 Å². The molecule has 0 bridgehead atoms. The Morgan fingerprint density at radius 3 is 2.81 bits per heavy atom. The first-order valence-corrected chi connectivity index (χ1v) is 8.21. The second kappa shape index (κ2) is 6.94. The van der Waals surface area contributed by atoms with Gasteiger partial charge in [0.05, 0.1) is 17.4 Å². The molecule has 0 amide bonds. The summed E-state index contributed by atoms with van der Waals surface area (Å²) in [5, 5.41) is 2.08. The van der Waals surface area contributed by atoms with Gasteiger partial charge >= 0.3 is 5.97 Å². The highest BCUT2D eigenvalue weighted by atomic mass is 32.2. The molecule has 0 saturated carbocycles. The average Bonchev–Trinajstić information content (AvgIpc) is 2.44. The molecule has 1 aromatic carbocycles. The van der Waals surface area contributed by atoms with Crippen LogP contribution in [0.15, 0.2) is 29.3 Å². The van der Waals surface area contributed by atoms with Gasteiger partial charge in [-0.25, -0.2) is 4.98 Å². The molecule has 2 aromatic rings. The largest absolute Gasteiger partial charge is 0.462 e. The van der Waals surface area contributed by atoms with E-state index in [0.717, 1.165) is 27.9 Å². The van der Waals surface area contributed by atoms with Gasteiger partial charge in [0.2, 0.25) is 0 Å². The zero-order chi connectivity index (χ0) is 15.4. The minimum atomic E-state index is -0.191. The summed E-state index contributed by atoms with van der Waals surface area (Å²) in [7, 11) is 0. The molecule has 4 heteroatoms. The predicted octanol–water partition coefficient (Wildman–Crippen LogP) is 4.15. The Morgan fingerprint density at radius 2 is 2.14 bits per heavy atom. The fraction of sp³-hybridized carbons (Fsp3) is 0.412. The van der Waals surface area contributed by atoms with Crippen LogP contribution in [-0.4, -0.2) is 22.8 Å². The van der Waals surface area contributed by atoms with E-state index in [4.69, 9.17) is 9.72 Å². The van der Waals surface area contributed by atoms with Crippen molar-refractivity contribution in [2.24, 2.45) is 0 Å². The Morgan fingerprint density at radius 1 is 1.38 bits per heavy atom. The maximum Gasteiger partial charge on any atom is 0.316 e. The van der Waals surface area contributed by atoms with Gasteiger partial charge < -0.3 is 4.74 Å². The number of aryl methyl sites for hydroxylation is 2. The van der Waals surface area contributed by atoms with Gasteiger partial charge in [-0.15, -0.1) is 0 Å². The number of aromatic nitrogens is 1. The average molecular weight is 303 g/mol. The number of para-hydroxylation sites is 1. The lowest BCUT2D eigenvalue weighted by molar-refractivity contribution is -0.144. The molecule has 0 N–H and O–H groups in total. The summed E-state index contributed by atoms with van der Waals surface area (Å²) < 4.78 is 5.17. The summed E-state index contributed by atoms with van der Waals surface area (Å²) in [6, 6.07) is 8.36. The Balaban J connectivity index is 2.25. The van der Waals surface area contributed by atoms with Crippen LogP contribution in [0, 0.1) is 6.92 Å². The third-order valence-electron chi connectivity index (χ3n) is 3.16. The lowest BCUT2D eigenvalue weighted by atomic mass is 10.1. The van der Waals surface area contributed by atoms with E-state index in [1.807, 2.05) is 19.9 Å². The van der Waals surface area contributed by atoms with Crippen molar-refractivity contribution in [1.29, 1.82) is 0 Å². The monoisotopic (exact) mass is 303 g/mol. The number of esters is 1. The zero-order valence-electron chi connectivity index (χ0n) is 13.0. The molecule has 0 spiro atoms. The molecule has 0 atom stereocenters. The summed E-state index contributed by atoms with van der Waals surface area (Å²) in [6.07, 6.45) is 0.828. The lowest BCUT2D eigenvalue weighted by Crippen LogP contribution is -2.13. The molecule has 0 unspecified atom stereocenters.